The van der Waals surface area contributed by atoms with E-state index in [1.807, 2.05) is 11.0 Å². The molecule has 3 atom stereocenters. The summed E-state index contributed by atoms with van der Waals surface area (Å²) < 4.78 is 5.79. The second-order valence-electron chi connectivity index (χ2n) is 7.00. The van der Waals surface area contributed by atoms with Crippen molar-refractivity contribution in [1.82, 2.24) is 15.1 Å². The predicted octanol–water partition coefficient (Wildman–Crippen LogP) is 0.565. The fraction of sp³-hybridized carbons (Fsp3) is 0.611. The zero-order valence-corrected chi connectivity index (χ0v) is 13.5. The predicted molar refractivity (Wildman–Crippen MR) is 87.9 cm³/mol. The summed E-state index contributed by atoms with van der Waals surface area (Å²) in [6.07, 6.45) is -0.292. The Labute approximate surface area is 137 Å². The van der Waals surface area contributed by atoms with Gasteiger partial charge in [0.2, 0.25) is 0 Å². The molecule has 1 N–H and O–H groups in total. The molecule has 3 aliphatic rings. The number of nitrogens with zero attached hydrogens (tertiary/aromatic N) is 2. The van der Waals surface area contributed by atoms with Crippen molar-refractivity contribution in [2.75, 3.05) is 45.9 Å². The molecule has 1 unspecified atom stereocenters. The third kappa shape index (κ3) is 3.27. The zero-order valence-electron chi connectivity index (χ0n) is 13.5. The van der Waals surface area contributed by atoms with Crippen LogP contribution in [0.4, 0.5) is 0 Å². The molecule has 0 radical (unpaired) electrons. The quantitative estimate of drug-likeness (QED) is 0.885. The van der Waals surface area contributed by atoms with Crippen molar-refractivity contribution in [2.45, 2.75) is 12.6 Å². The molecule has 4 rings (SSSR count). The summed E-state index contributed by atoms with van der Waals surface area (Å²) in [5.41, 5.74) is 1.29. The average molecular weight is 315 g/mol. The molecule has 3 heterocycles. The topological polar surface area (TPSA) is 44.8 Å². The van der Waals surface area contributed by atoms with Gasteiger partial charge in [0.15, 0.2) is 0 Å². The summed E-state index contributed by atoms with van der Waals surface area (Å²) in [6.45, 7) is 7.05. The van der Waals surface area contributed by atoms with Crippen LogP contribution < -0.4 is 5.32 Å². The molecular weight excluding hydrogens is 290 g/mol. The van der Waals surface area contributed by atoms with E-state index in [1.54, 1.807) is 0 Å². The van der Waals surface area contributed by atoms with Crippen LogP contribution in [0.3, 0.4) is 0 Å². The number of nitrogens with one attached hydrogen (secondary N) is 1. The van der Waals surface area contributed by atoms with Gasteiger partial charge in [-0.05, 0) is 17.4 Å². The Morgan fingerprint density at radius 3 is 2.61 bits per heavy atom. The first kappa shape index (κ1) is 15.1. The maximum Gasteiger partial charge on any atom is 0.253 e. The first-order chi connectivity index (χ1) is 11.3. The monoisotopic (exact) mass is 315 g/mol. The maximum atomic E-state index is 12.8. The van der Waals surface area contributed by atoms with Crippen molar-refractivity contribution in [3.8, 4) is 0 Å². The van der Waals surface area contributed by atoms with Crippen LogP contribution in [-0.4, -0.2) is 67.7 Å². The lowest BCUT2D eigenvalue weighted by atomic mass is 10.0. The van der Waals surface area contributed by atoms with Gasteiger partial charge >= 0.3 is 0 Å². The molecule has 3 saturated heterocycles. The van der Waals surface area contributed by atoms with Crippen LogP contribution in [0.25, 0.3) is 0 Å². The van der Waals surface area contributed by atoms with Crippen molar-refractivity contribution in [3.63, 3.8) is 0 Å². The molecular formula is C18H25N3O2. The van der Waals surface area contributed by atoms with Crippen molar-refractivity contribution in [3.05, 3.63) is 35.9 Å². The summed E-state index contributed by atoms with van der Waals surface area (Å²) in [5.74, 6) is 1.48. The first-order valence-corrected chi connectivity index (χ1v) is 8.67. The van der Waals surface area contributed by atoms with E-state index in [0.29, 0.717) is 25.0 Å². The number of likely N-dealkylation sites (tertiary alicyclic amines) is 1. The maximum absolute atomic E-state index is 12.8. The lowest BCUT2D eigenvalue weighted by Gasteiger charge is -2.34. The second-order valence-corrected chi connectivity index (χ2v) is 7.00. The minimum atomic E-state index is -0.292. The Morgan fingerprint density at radius 1 is 1.13 bits per heavy atom. The molecule has 1 amide bonds. The summed E-state index contributed by atoms with van der Waals surface area (Å²) in [5, 5.41) is 3.42. The van der Waals surface area contributed by atoms with Crippen LogP contribution in [0.1, 0.15) is 5.56 Å². The average Bonchev–Trinajstić information content (AvgIpc) is 3.17. The molecule has 5 nitrogen and oxygen atoms in total. The smallest absolute Gasteiger partial charge is 0.253 e. The van der Waals surface area contributed by atoms with Gasteiger partial charge in [0.25, 0.3) is 5.91 Å². The molecule has 0 saturated carbocycles. The minimum absolute atomic E-state index is 0.192. The van der Waals surface area contributed by atoms with Gasteiger partial charge < -0.3 is 15.0 Å². The van der Waals surface area contributed by atoms with Crippen molar-refractivity contribution < 1.29 is 9.53 Å². The molecule has 3 fully saturated rings. The Kier molecular flexibility index (Phi) is 4.33. The number of fused-ring (bicyclic) bond motifs is 1. The Morgan fingerprint density at radius 2 is 1.87 bits per heavy atom. The summed E-state index contributed by atoms with van der Waals surface area (Å²) in [6, 6.07) is 10.4. The number of carbonyl (C=O) groups is 1. The van der Waals surface area contributed by atoms with Crippen molar-refractivity contribution >= 4 is 5.91 Å². The fourth-order valence-electron chi connectivity index (χ4n) is 4.08. The number of rotatable bonds is 3. The molecule has 1 aromatic rings. The number of ether oxygens (including phenoxy) is 1. The van der Waals surface area contributed by atoms with Crippen LogP contribution in [0.5, 0.6) is 0 Å². The number of morpholine rings is 1. The molecule has 1 aromatic carbocycles. The standard InChI is InChI=1S/C18H25N3O2/c22-18(21-11-15-8-19-9-16(15)12-21)17-13-20(6-7-23-17)10-14-4-2-1-3-5-14/h1-5,15-17,19H,6-13H2/t15-,16+,17?. The SMILES string of the molecule is O=C(C1CN(Cc2ccccc2)CCO1)N1C[C@H]2CNC[C@H]2C1. The summed E-state index contributed by atoms with van der Waals surface area (Å²) >= 11 is 0. The highest BCUT2D eigenvalue weighted by Gasteiger charge is 2.40. The van der Waals surface area contributed by atoms with Gasteiger partial charge in [-0.3, -0.25) is 9.69 Å². The van der Waals surface area contributed by atoms with Gasteiger partial charge in [0.05, 0.1) is 6.61 Å². The van der Waals surface area contributed by atoms with Gasteiger partial charge in [0, 0.05) is 45.8 Å². The molecule has 0 bridgehead atoms. The highest BCUT2D eigenvalue weighted by atomic mass is 16.5. The van der Waals surface area contributed by atoms with Crippen molar-refractivity contribution in [2.24, 2.45) is 11.8 Å². The molecule has 3 aliphatic heterocycles. The van der Waals surface area contributed by atoms with E-state index in [0.717, 1.165) is 39.3 Å². The summed E-state index contributed by atoms with van der Waals surface area (Å²) in [4.78, 5) is 17.2. The van der Waals surface area contributed by atoms with Gasteiger partial charge in [-0.15, -0.1) is 0 Å². The van der Waals surface area contributed by atoms with E-state index in [4.69, 9.17) is 4.74 Å². The van der Waals surface area contributed by atoms with Crippen LogP contribution in [0, 0.1) is 11.8 Å². The van der Waals surface area contributed by atoms with Gasteiger partial charge in [-0.2, -0.15) is 0 Å². The molecule has 124 valence electrons. The Balaban J connectivity index is 1.34. The first-order valence-electron chi connectivity index (χ1n) is 8.67. The third-order valence-electron chi connectivity index (χ3n) is 5.38. The van der Waals surface area contributed by atoms with E-state index >= 15 is 0 Å². The van der Waals surface area contributed by atoms with Crippen LogP contribution in [0.15, 0.2) is 30.3 Å². The number of hydrogen-bond donors (Lipinski definition) is 1. The Hall–Kier alpha value is -1.43. The van der Waals surface area contributed by atoms with E-state index in [1.165, 1.54) is 5.56 Å². The van der Waals surface area contributed by atoms with Gasteiger partial charge in [0.1, 0.15) is 6.10 Å². The number of amides is 1. The molecule has 0 aliphatic carbocycles. The molecule has 5 heteroatoms. The fourth-order valence-corrected chi connectivity index (χ4v) is 4.08. The molecule has 23 heavy (non-hydrogen) atoms. The number of hydrogen-bond acceptors (Lipinski definition) is 4. The lowest BCUT2D eigenvalue weighted by molar-refractivity contribution is -0.149. The van der Waals surface area contributed by atoms with Crippen LogP contribution in [0.2, 0.25) is 0 Å². The van der Waals surface area contributed by atoms with Gasteiger partial charge in [-0.25, -0.2) is 0 Å². The zero-order chi connectivity index (χ0) is 15.6. The van der Waals surface area contributed by atoms with Crippen LogP contribution >= 0.6 is 0 Å². The van der Waals surface area contributed by atoms with E-state index < -0.39 is 0 Å². The highest BCUT2D eigenvalue weighted by molar-refractivity contribution is 5.81. The van der Waals surface area contributed by atoms with E-state index in [9.17, 15) is 4.79 Å². The summed E-state index contributed by atoms with van der Waals surface area (Å²) in [7, 11) is 0. The Bertz CT molecular complexity index is 538. The third-order valence-corrected chi connectivity index (χ3v) is 5.38. The second kappa shape index (κ2) is 6.59. The molecule has 0 spiro atoms. The number of carbonyl (C=O) groups excluding carboxylic acids is 1. The minimum Gasteiger partial charge on any atom is -0.366 e. The van der Waals surface area contributed by atoms with Gasteiger partial charge in [-0.1, -0.05) is 30.3 Å². The lowest BCUT2D eigenvalue weighted by Crippen LogP contribution is -2.50. The van der Waals surface area contributed by atoms with Crippen LogP contribution in [-0.2, 0) is 16.1 Å². The number of benzene rings is 1. The highest BCUT2D eigenvalue weighted by Crippen LogP contribution is 2.27. The van der Waals surface area contributed by atoms with E-state index in [-0.39, 0.29) is 12.0 Å². The largest absolute Gasteiger partial charge is 0.366 e. The normalized spacial score (nSPS) is 31.3. The van der Waals surface area contributed by atoms with E-state index in [2.05, 4.69) is 34.5 Å². The molecule has 0 aromatic heterocycles. The van der Waals surface area contributed by atoms with Crippen molar-refractivity contribution in [1.29, 1.82) is 0 Å².